The van der Waals surface area contributed by atoms with Crippen LogP contribution in [0.5, 0.6) is 0 Å². The Morgan fingerprint density at radius 2 is 2.45 bits per heavy atom. The predicted molar refractivity (Wildman–Crippen MR) is 77.5 cm³/mol. The molecule has 0 unspecified atom stereocenters. The van der Waals surface area contributed by atoms with Crippen LogP contribution >= 0.6 is 11.3 Å². The molecule has 0 aliphatic rings. The van der Waals surface area contributed by atoms with Crippen LogP contribution in [0.15, 0.2) is 36.0 Å². The standard InChI is InChI=1S/C13H13N5OS/c1-9-6-14-18(7-9)8-13(19)15-12-5-10(16-17-12)11-3-2-4-20-11/h2-7H,8H2,1H3,(H2,15,16,17,19). The van der Waals surface area contributed by atoms with Crippen molar-refractivity contribution in [1.29, 1.82) is 0 Å². The molecule has 0 aliphatic carbocycles. The molecule has 0 saturated heterocycles. The Balaban J connectivity index is 1.64. The van der Waals surface area contributed by atoms with Gasteiger partial charge in [-0.05, 0) is 23.9 Å². The first-order valence-electron chi connectivity index (χ1n) is 6.09. The number of amides is 1. The number of nitrogens with zero attached hydrogens (tertiary/aromatic N) is 3. The molecule has 6 nitrogen and oxygen atoms in total. The summed E-state index contributed by atoms with van der Waals surface area (Å²) in [6.07, 6.45) is 3.54. The van der Waals surface area contributed by atoms with Crippen molar-refractivity contribution in [3.05, 3.63) is 41.5 Å². The Bertz CT molecular complexity index is 713. The SMILES string of the molecule is Cc1cnn(CC(=O)Nc2cc(-c3cccs3)[nH]n2)c1. The van der Waals surface area contributed by atoms with E-state index in [-0.39, 0.29) is 12.5 Å². The van der Waals surface area contributed by atoms with Gasteiger partial charge in [-0.1, -0.05) is 6.07 Å². The van der Waals surface area contributed by atoms with Crippen LogP contribution in [0.3, 0.4) is 0 Å². The summed E-state index contributed by atoms with van der Waals surface area (Å²) in [7, 11) is 0. The zero-order chi connectivity index (χ0) is 13.9. The van der Waals surface area contributed by atoms with Crippen LogP contribution in [0.2, 0.25) is 0 Å². The molecular weight excluding hydrogens is 274 g/mol. The normalized spacial score (nSPS) is 10.7. The molecule has 0 saturated carbocycles. The molecule has 1 amide bonds. The maximum atomic E-state index is 11.9. The zero-order valence-electron chi connectivity index (χ0n) is 10.8. The molecule has 0 bridgehead atoms. The third-order valence-corrected chi connectivity index (χ3v) is 3.60. The van der Waals surface area contributed by atoms with E-state index in [0.29, 0.717) is 5.82 Å². The van der Waals surface area contributed by atoms with Gasteiger partial charge in [-0.3, -0.25) is 14.6 Å². The van der Waals surface area contributed by atoms with Crippen molar-refractivity contribution in [2.24, 2.45) is 0 Å². The van der Waals surface area contributed by atoms with Crippen LogP contribution in [0.4, 0.5) is 5.82 Å². The van der Waals surface area contributed by atoms with Crippen molar-refractivity contribution in [3.8, 4) is 10.6 Å². The van der Waals surface area contributed by atoms with Crippen molar-refractivity contribution in [3.63, 3.8) is 0 Å². The molecule has 0 fully saturated rings. The third-order valence-electron chi connectivity index (χ3n) is 2.70. The Hall–Kier alpha value is -2.41. The smallest absolute Gasteiger partial charge is 0.247 e. The van der Waals surface area contributed by atoms with E-state index in [9.17, 15) is 4.79 Å². The lowest BCUT2D eigenvalue weighted by molar-refractivity contribution is -0.116. The first-order valence-corrected chi connectivity index (χ1v) is 6.97. The number of hydrogen-bond acceptors (Lipinski definition) is 4. The van der Waals surface area contributed by atoms with E-state index in [0.717, 1.165) is 16.1 Å². The number of rotatable bonds is 4. The van der Waals surface area contributed by atoms with E-state index in [1.807, 2.05) is 36.7 Å². The van der Waals surface area contributed by atoms with Crippen LogP contribution in [-0.4, -0.2) is 25.9 Å². The highest BCUT2D eigenvalue weighted by molar-refractivity contribution is 7.13. The summed E-state index contributed by atoms with van der Waals surface area (Å²) in [4.78, 5) is 12.9. The van der Waals surface area contributed by atoms with Crippen molar-refractivity contribution in [2.75, 3.05) is 5.32 Å². The highest BCUT2D eigenvalue weighted by atomic mass is 32.1. The summed E-state index contributed by atoms with van der Waals surface area (Å²) in [5.41, 5.74) is 1.92. The van der Waals surface area contributed by atoms with Gasteiger partial charge in [0.1, 0.15) is 6.54 Å². The van der Waals surface area contributed by atoms with Gasteiger partial charge in [-0.15, -0.1) is 11.3 Å². The van der Waals surface area contributed by atoms with Gasteiger partial charge in [-0.25, -0.2) is 0 Å². The summed E-state index contributed by atoms with van der Waals surface area (Å²) >= 11 is 1.62. The Morgan fingerprint density at radius 3 is 3.15 bits per heavy atom. The number of hydrogen-bond donors (Lipinski definition) is 2. The molecule has 3 aromatic rings. The lowest BCUT2D eigenvalue weighted by Crippen LogP contribution is -2.19. The molecule has 0 aliphatic heterocycles. The number of anilines is 1. The Kier molecular flexibility index (Phi) is 3.34. The van der Waals surface area contributed by atoms with Crippen LogP contribution in [0.1, 0.15) is 5.56 Å². The van der Waals surface area contributed by atoms with E-state index in [1.54, 1.807) is 22.2 Å². The summed E-state index contributed by atoms with van der Waals surface area (Å²) < 4.78 is 1.59. The van der Waals surface area contributed by atoms with Crippen LogP contribution in [0, 0.1) is 6.92 Å². The van der Waals surface area contributed by atoms with E-state index in [4.69, 9.17) is 0 Å². The van der Waals surface area contributed by atoms with Crippen LogP contribution in [0.25, 0.3) is 10.6 Å². The lowest BCUT2D eigenvalue weighted by Gasteiger charge is -2.01. The minimum atomic E-state index is -0.155. The van der Waals surface area contributed by atoms with Crippen LogP contribution < -0.4 is 5.32 Å². The van der Waals surface area contributed by atoms with Gasteiger partial charge in [0, 0.05) is 12.3 Å². The number of aromatic nitrogens is 4. The number of carbonyl (C=O) groups is 1. The average Bonchev–Trinajstić information content (AvgIpc) is 3.10. The van der Waals surface area contributed by atoms with Gasteiger partial charge < -0.3 is 5.32 Å². The van der Waals surface area contributed by atoms with Crippen molar-refractivity contribution < 1.29 is 4.79 Å². The van der Waals surface area contributed by atoms with E-state index < -0.39 is 0 Å². The molecule has 0 atom stereocenters. The molecule has 3 aromatic heterocycles. The summed E-state index contributed by atoms with van der Waals surface area (Å²) in [5, 5.41) is 15.8. The second kappa shape index (κ2) is 5.30. The van der Waals surface area contributed by atoms with Gasteiger partial charge >= 0.3 is 0 Å². The first kappa shape index (κ1) is 12.6. The summed E-state index contributed by atoms with van der Waals surface area (Å²) in [6.45, 7) is 2.11. The second-order valence-electron chi connectivity index (χ2n) is 4.41. The van der Waals surface area contributed by atoms with E-state index in [1.165, 1.54) is 0 Å². The first-order chi connectivity index (χ1) is 9.70. The minimum absolute atomic E-state index is 0.155. The molecule has 3 rings (SSSR count). The largest absolute Gasteiger partial charge is 0.308 e. The number of aromatic amines is 1. The van der Waals surface area contributed by atoms with Gasteiger partial charge in [0.2, 0.25) is 5.91 Å². The fraction of sp³-hybridized carbons (Fsp3) is 0.154. The maximum Gasteiger partial charge on any atom is 0.247 e. The predicted octanol–water partition coefficient (Wildman–Crippen LogP) is 2.28. The molecule has 0 radical (unpaired) electrons. The summed E-state index contributed by atoms with van der Waals surface area (Å²) in [6, 6.07) is 5.79. The van der Waals surface area contributed by atoms with Gasteiger partial charge in [-0.2, -0.15) is 10.2 Å². The molecule has 102 valence electrons. The Labute approximate surface area is 119 Å². The van der Waals surface area contributed by atoms with Crippen molar-refractivity contribution in [2.45, 2.75) is 13.5 Å². The van der Waals surface area contributed by atoms with Gasteiger partial charge in [0.25, 0.3) is 0 Å². The quantitative estimate of drug-likeness (QED) is 0.773. The monoisotopic (exact) mass is 287 g/mol. The van der Waals surface area contributed by atoms with Crippen molar-refractivity contribution in [1.82, 2.24) is 20.0 Å². The molecule has 2 N–H and O–H groups in total. The Morgan fingerprint density at radius 1 is 1.55 bits per heavy atom. The third kappa shape index (κ3) is 2.77. The fourth-order valence-corrected chi connectivity index (χ4v) is 2.52. The molecule has 20 heavy (non-hydrogen) atoms. The van der Waals surface area contributed by atoms with Crippen molar-refractivity contribution >= 4 is 23.1 Å². The van der Waals surface area contributed by atoms with Crippen LogP contribution in [-0.2, 0) is 11.3 Å². The molecule has 0 spiro atoms. The summed E-state index contributed by atoms with van der Waals surface area (Å²) in [5.74, 6) is 0.361. The van der Waals surface area contributed by atoms with E-state index >= 15 is 0 Å². The van der Waals surface area contributed by atoms with E-state index in [2.05, 4.69) is 20.6 Å². The lowest BCUT2D eigenvalue weighted by atomic mass is 10.3. The maximum absolute atomic E-state index is 11.9. The van der Waals surface area contributed by atoms with Gasteiger partial charge in [0.15, 0.2) is 5.82 Å². The molecule has 0 aromatic carbocycles. The topological polar surface area (TPSA) is 75.6 Å². The number of nitrogens with one attached hydrogen (secondary N) is 2. The fourth-order valence-electron chi connectivity index (χ4n) is 1.83. The molecular formula is C13H13N5OS. The zero-order valence-corrected chi connectivity index (χ0v) is 11.6. The second-order valence-corrected chi connectivity index (χ2v) is 5.36. The number of aryl methyl sites for hydroxylation is 1. The highest BCUT2D eigenvalue weighted by Gasteiger charge is 2.08. The average molecular weight is 287 g/mol. The molecule has 3 heterocycles. The molecule has 7 heteroatoms. The minimum Gasteiger partial charge on any atom is -0.308 e. The van der Waals surface area contributed by atoms with Gasteiger partial charge in [0.05, 0.1) is 16.8 Å². The number of carbonyl (C=O) groups excluding carboxylic acids is 1. The number of H-pyrrole nitrogens is 1. The highest BCUT2D eigenvalue weighted by Crippen LogP contribution is 2.24. The number of thiophene rings is 1.